The van der Waals surface area contributed by atoms with Crippen LogP contribution in [0.1, 0.15) is 49.9 Å². The molecule has 0 unspecified atom stereocenters. The number of furan rings is 1. The Morgan fingerprint density at radius 2 is 0.964 bits per heavy atom. The topological polar surface area (TPSA) is 51.8 Å². The molecule has 2 aliphatic rings. The standard InChI is InChI=1S/C51H37N3O/c1-50(2)39-20-10-8-16-34(39)38-28-31(25-27-41(38)50)33-18-13-23-43-46(33)36-26-24-32(29-44(36)55-43)48-52-47(30-14-6-5-7-15-30)53-49(54-48)37-19-12-22-42-45(37)35-17-9-11-21-40(35)51(42,3)4/h5-29H,1-4H3. The van der Waals surface area contributed by atoms with Gasteiger partial charge in [-0.3, -0.25) is 0 Å². The zero-order valence-electron chi connectivity index (χ0n) is 31.2. The number of nitrogens with zero attached hydrogens (tertiary/aromatic N) is 3. The van der Waals surface area contributed by atoms with Crippen molar-refractivity contribution in [3.8, 4) is 67.5 Å². The fourth-order valence-corrected chi connectivity index (χ4v) is 9.38. The van der Waals surface area contributed by atoms with Crippen LogP contribution in [-0.2, 0) is 10.8 Å². The molecule has 4 nitrogen and oxygen atoms in total. The molecule has 11 rings (SSSR count). The molecule has 262 valence electrons. The van der Waals surface area contributed by atoms with Gasteiger partial charge in [-0.05, 0) is 79.9 Å². The van der Waals surface area contributed by atoms with Crippen LogP contribution in [0.4, 0.5) is 0 Å². The monoisotopic (exact) mass is 707 g/mol. The quantitative estimate of drug-likeness (QED) is 0.183. The summed E-state index contributed by atoms with van der Waals surface area (Å²) in [6, 6.07) is 53.9. The van der Waals surface area contributed by atoms with Gasteiger partial charge in [0.15, 0.2) is 17.5 Å². The summed E-state index contributed by atoms with van der Waals surface area (Å²) in [5.41, 5.74) is 17.0. The van der Waals surface area contributed by atoms with E-state index in [1.807, 2.05) is 18.2 Å². The minimum Gasteiger partial charge on any atom is -0.456 e. The van der Waals surface area contributed by atoms with Crippen molar-refractivity contribution in [2.24, 2.45) is 0 Å². The van der Waals surface area contributed by atoms with Crippen LogP contribution in [0.3, 0.4) is 0 Å². The smallest absolute Gasteiger partial charge is 0.164 e. The van der Waals surface area contributed by atoms with Gasteiger partial charge in [-0.15, -0.1) is 0 Å². The van der Waals surface area contributed by atoms with E-state index in [2.05, 4.69) is 161 Å². The first-order valence-electron chi connectivity index (χ1n) is 19.0. The zero-order chi connectivity index (χ0) is 37.1. The SMILES string of the molecule is CC1(C)c2ccccc2-c2cc(-c3cccc4oc5cc(-c6nc(-c7ccccc7)nc(-c7cccc8c7-c7ccccc7C8(C)C)n6)ccc5c34)ccc21. The second kappa shape index (κ2) is 11.4. The Balaban J connectivity index is 1.07. The molecule has 0 atom stereocenters. The molecule has 9 aromatic rings. The predicted molar refractivity (Wildman–Crippen MR) is 224 cm³/mol. The van der Waals surface area contributed by atoms with Crippen molar-refractivity contribution in [3.63, 3.8) is 0 Å². The molecular weight excluding hydrogens is 671 g/mol. The van der Waals surface area contributed by atoms with Gasteiger partial charge in [0, 0.05) is 38.3 Å². The summed E-state index contributed by atoms with van der Waals surface area (Å²) >= 11 is 0. The lowest BCUT2D eigenvalue weighted by atomic mass is 9.82. The van der Waals surface area contributed by atoms with Gasteiger partial charge in [0.2, 0.25) is 0 Å². The summed E-state index contributed by atoms with van der Waals surface area (Å²) in [5, 5.41) is 2.17. The van der Waals surface area contributed by atoms with Gasteiger partial charge < -0.3 is 4.42 Å². The Morgan fingerprint density at radius 3 is 1.78 bits per heavy atom. The van der Waals surface area contributed by atoms with Crippen LogP contribution in [0, 0.1) is 0 Å². The summed E-state index contributed by atoms with van der Waals surface area (Å²) in [5.74, 6) is 1.90. The largest absolute Gasteiger partial charge is 0.456 e. The van der Waals surface area contributed by atoms with Gasteiger partial charge in [-0.1, -0.05) is 155 Å². The van der Waals surface area contributed by atoms with Crippen molar-refractivity contribution in [2.75, 3.05) is 0 Å². The van der Waals surface area contributed by atoms with Crippen molar-refractivity contribution >= 4 is 21.9 Å². The minimum atomic E-state index is -0.133. The molecule has 0 aliphatic heterocycles. The van der Waals surface area contributed by atoms with Crippen molar-refractivity contribution in [1.29, 1.82) is 0 Å². The maximum atomic E-state index is 6.64. The summed E-state index contributed by atoms with van der Waals surface area (Å²) in [4.78, 5) is 15.5. The fourth-order valence-electron chi connectivity index (χ4n) is 9.38. The fraction of sp³-hybridized carbons (Fsp3) is 0.118. The molecule has 0 radical (unpaired) electrons. The zero-order valence-corrected chi connectivity index (χ0v) is 31.2. The molecular formula is C51H37N3O. The molecule has 0 fully saturated rings. The first-order chi connectivity index (χ1) is 26.8. The molecule has 55 heavy (non-hydrogen) atoms. The Labute approximate surface area is 320 Å². The van der Waals surface area contributed by atoms with Gasteiger partial charge in [0.05, 0.1) is 0 Å². The molecule has 7 aromatic carbocycles. The van der Waals surface area contributed by atoms with Crippen LogP contribution in [0.2, 0.25) is 0 Å². The van der Waals surface area contributed by atoms with Gasteiger partial charge in [-0.25, -0.2) is 15.0 Å². The average Bonchev–Trinajstić information content (AvgIpc) is 3.80. The lowest BCUT2D eigenvalue weighted by Gasteiger charge is -2.21. The minimum absolute atomic E-state index is 0.0356. The summed E-state index contributed by atoms with van der Waals surface area (Å²) < 4.78 is 6.64. The first-order valence-corrected chi connectivity index (χ1v) is 19.0. The molecule has 2 aliphatic carbocycles. The normalized spacial score (nSPS) is 14.5. The maximum Gasteiger partial charge on any atom is 0.164 e. The van der Waals surface area contributed by atoms with E-state index in [1.54, 1.807) is 0 Å². The molecule has 0 N–H and O–H groups in total. The summed E-state index contributed by atoms with van der Waals surface area (Å²) in [6.45, 7) is 9.24. The van der Waals surface area contributed by atoms with E-state index in [0.717, 1.165) is 44.2 Å². The maximum absolute atomic E-state index is 6.64. The van der Waals surface area contributed by atoms with Crippen LogP contribution >= 0.6 is 0 Å². The molecule has 0 bridgehead atoms. The van der Waals surface area contributed by atoms with Crippen molar-refractivity contribution in [3.05, 3.63) is 174 Å². The third kappa shape index (κ3) is 4.61. The summed E-state index contributed by atoms with van der Waals surface area (Å²) in [6.07, 6.45) is 0. The van der Waals surface area contributed by atoms with E-state index in [9.17, 15) is 0 Å². The second-order valence-corrected chi connectivity index (χ2v) is 16.0. The number of fused-ring (bicyclic) bond motifs is 9. The van der Waals surface area contributed by atoms with Crippen molar-refractivity contribution in [1.82, 2.24) is 15.0 Å². The highest BCUT2D eigenvalue weighted by Crippen LogP contribution is 2.52. The Bertz CT molecular complexity index is 3040. The Hall–Kier alpha value is -6.65. The molecule has 0 amide bonds. The van der Waals surface area contributed by atoms with E-state index in [0.29, 0.717) is 17.5 Å². The van der Waals surface area contributed by atoms with Crippen molar-refractivity contribution in [2.45, 2.75) is 38.5 Å². The highest BCUT2D eigenvalue weighted by Gasteiger charge is 2.37. The average molecular weight is 708 g/mol. The van der Waals surface area contributed by atoms with Crippen LogP contribution < -0.4 is 0 Å². The van der Waals surface area contributed by atoms with E-state index < -0.39 is 0 Å². The van der Waals surface area contributed by atoms with E-state index in [-0.39, 0.29) is 10.8 Å². The highest BCUT2D eigenvalue weighted by atomic mass is 16.3. The lowest BCUT2D eigenvalue weighted by Crippen LogP contribution is -2.14. The molecule has 0 saturated heterocycles. The number of benzene rings is 7. The van der Waals surface area contributed by atoms with Crippen LogP contribution in [0.25, 0.3) is 89.5 Å². The van der Waals surface area contributed by atoms with Gasteiger partial charge in [0.25, 0.3) is 0 Å². The number of hydrogen-bond donors (Lipinski definition) is 0. The molecule has 2 aromatic heterocycles. The third-order valence-electron chi connectivity index (χ3n) is 12.2. The van der Waals surface area contributed by atoms with E-state index in [4.69, 9.17) is 19.4 Å². The second-order valence-electron chi connectivity index (χ2n) is 16.0. The van der Waals surface area contributed by atoms with Gasteiger partial charge in [-0.2, -0.15) is 0 Å². The predicted octanol–water partition coefficient (Wildman–Crippen LogP) is 13.1. The Kier molecular flexibility index (Phi) is 6.61. The number of rotatable bonds is 4. The van der Waals surface area contributed by atoms with E-state index >= 15 is 0 Å². The molecule has 2 heterocycles. The highest BCUT2D eigenvalue weighted by molar-refractivity contribution is 6.13. The lowest BCUT2D eigenvalue weighted by molar-refractivity contribution is 0.660. The number of hydrogen-bond acceptors (Lipinski definition) is 4. The first kappa shape index (κ1) is 31.8. The Morgan fingerprint density at radius 1 is 0.382 bits per heavy atom. The third-order valence-corrected chi connectivity index (χ3v) is 12.2. The molecule has 0 saturated carbocycles. The summed E-state index contributed by atoms with van der Waals surface area (Å²) in [7, 11) is 0. The van der Waals surface area contributed by atoms with E-state index in [1.165, 1.54) is 50.1 Å². The van der Waals surface area contributed by atoms with Crippen LogP contribution in [0.5, 0.6) is 0 Å². The molecule has 0 spiro atoms. The van der Waals surface area contributed by atoms with Gasteiger partial charge >= 0.3 is 0 Å². The van der Waals surface area contributed by atoms with Crippen molar-refractivity contribution < 1.29 is 4.42 Å². The number of aromatic nitrogens is 3. The molecule has 4 heteroatoms. The van der Waals surface area contributed by atoms with Crippen LogP contribution in [-0.4, -0.2) is 15.0 Å². The van der Waals surface area contributed by atoms with Crippen LogP contribution in [0.15, 0.2) is 156 Å². The van der Waals surface area contributed by atoms with Gasteiger partial charge in [0.1, 0.15) is 11.2 Å².